The summed E-state index contributed by atoms with van der Waals surface area (Å²) in [4.78, 5) is 13.5. The zero-order chi connectivity index (χ0) is 21.6. The average molecular weight is 407 g/mol. The maximum atomic E-state index is 12.6. The molecule has 0 aliphatic rings. The molecule has 0 heterocycles. The fraction of sp³-hybridized carbons (Fsp3) is 0.409. The Morgan fingerprint density at radius 3 is 2.52 bits per heavy atom. The molecular weight excluding hydrogens is 378 g/mol. The molecule has 0 aromatic heterocycles. The van der Waals surface area contributed by atoms with Crippen molar-refractivity contribution >= 4 is 11.6 Å². The zero-order valence-corrected chi connectivity index (χ0v) is 17.5. The number of carbonyl (C=O) groups excluding carboxylic acids is 1. The first-order valence-electron chi connectivity index (χ1n) is 9.53. The minimum atomic E-state index is -2.91. The Kier molecular flexibility index (Phi) is 7.96. The normalized spacial score (nSPS) is 12.2. The number of nitrogens with one attached hydrogen (secondary N) is 2. The molecule has 0 radical (unpaired) electrons. The number of likely N-dealkylation sites (N-methyl/N-ethyl adjacent to an activating group) is 1. The highest BCUT2D eigenvalue weighted by Crippen LogP contribution is 2.29. The summed E-state index contributed by atoms with van der Waals surface area (Å²) in [6.45, 7) is 4.05. The van der Waals surface area contributed by atoms with E-state index in [4.69, 9.17) is 4.74 Å². The summed E-state index contributed by atoms with van der Waals surface area (Å²) in [5.74, 6) is 0.448. The molecule has 5 nitrogen and oxygen atoms in total. The van der Waals surface area contributed by atoms with Crippen molar-refractivity contribution in [3.8, 4) is 11.5 Å². The van der Waals surface area contributed by atoms with E-state index in [9.17, 15) is 13.6 Å². The monoisotopic (exact) mass is 407 g/mol. The molecule has 0 saturated carbocycles. The predicted molar refractivity (Wildman–Crippen MR) is 109 cm³/mol. The highest BCUT2D eigenvalue weighted by atomic mass is 19.3. The van der Waals surface area contributed by atoms with Gasteiger partial charge in [0.05, 0.1) is 14.2 Å². The molecule has 0 fully saturated rings. The van der Waals surface area contributed by atoms with Crippen molar-refractivity contribution in [2.24, 2.45) is 0 Å². The highest BCUT2D eigenvalue weighted by molar-refractivity contribution is 5.93. The van der Waals surface area contributed by atoms with Crippen LogP contribution in [-0.4, -0.2) is 33.2 Å². The number of para-hydroxylation sites is 1. The Hall–Kier alpha value is -2.67. The van der Waals surface area contributed by atoms with Gasteiger partial charge in [0.25, 0.3) is 5.91 Å². The van der Waals surface area contributed by atoms with E-state index in [1.54, 1.807) is 12.1 Å². The van der Waals surface area contributed by atoms with Gasteiger partial charge in [-0.3, -0.25) is 4.79 Å². The topological polar surface area (TPSA) is 52.0 Å². The van der Waals surface area contributed by atoms with Gasteiger partial charge in [-0.25, -0.2) is 0 Å². The first-order chi connectivity index (χ1) is 13.7. The van der Waals surface area contributed by atoms with Crippen molar-refractivity contribution in [2.75, 3.05) is 26.0 Å². The Labute approximate surface area is 170 Å². The standard InChI is InChI=1S/C22H28F2N2O3/c1-14(2)17-8-6-7-15(3)21(17)25-20(27)13-26(4)12-16-9-10-18(29-22(23)24)19(11-16)28-5/h6-11,14,22H,12-13H2,1-5H3,(H,25,27)/p+1. The van der Waals surface area contributed by atoms with Gasteiger partial charge in [0.1, 0.15) is 6.54 Å². The molecule has 29 heavy (non-hydrogen) atoms. The predicted octanol–water partition coefficient (Wildman–Crippen LogP) is 3.38. The molecule has 0 aliphatic heterocycles. The van der Waals surface area contributed by atoms with E-state index in [2.05, 4.69) is 23.9 Å². The van der Waals surface area contributed by atoms with Crippen molar-refractivity contribution in [3.05, 3.63) is 53.1 Å². The van der Waals surface area contributed by atoms with Crippen molar-refractivity contribution < 1.29 is 27.9 Å². The molecule has 0 spiro atoms. The van der Waals surface area contributed by atoms with Crippen LogP contribution in [0.15, 0.2) is 36.4 Å². The quantitative estimate of drug-likeness (QED) is 0.670. The number of methoxy groups -OCH3 is 1. The van der Waals surface area contributed by atoms with Crippen molar-refractivity contribution in [3.63, 3.8) is 0 Å². The smallest absolute Gasteiger partial charge is 0.387 e. The molecule has 0 bridgehead atoms. The number of alkyl halides is 2. The number of amides is 1. The first-order valence-corrected chi connectivity index (χ1v) is 9.53. The lowest BCUT2D eigenvalue weighted by atomic mass is 9.98. The van der Waals surface area contributed by atoms with E-state index in [0.29, 0.717) is 12.5 Å². The summed E-state index contributed by atoms with van der Waals surface area (Å²) in [5.41, 5.74) is 3.86. The van der Waals surface area contributed by atoms with Crippen LogP contribution in [0.25, 0.3) is 0 Å². The van der Waals surface area contributed by atoms with Gasteiger partial charge in [-0.15, -0.1) is 0 Å². The van der Waals surface area contributed by atoms with Gasteiger partial charge < -0.3 is 19.7 Å². The van der Waals surface area contributed by atoms with Gasteiger partial charge in [-0.05, 0) is 42.2 Å². The summed E-state index contributed by atoms with van der Waals surface area (Å²) in [6, 6.07) is 10.8. The molecule has 2 aromatic carbocycles. The molecule has 2 aromatic rings. The van der Waals surface area contributed by atoms with E-state index < -0.39 is 6.61 Å². The lowest BCUT2D eigenvalue weighted by Gasteiger charge is -2.18. The third-order valence-electron chi connectivity index (χ3n) is 4.60. The van der Waals surface area contributed by atoms with Gasteiger partial charge in [0, 0.05) is 11.3 Å². The van der Waals surface area contributed by atoms with E-state index in [0.717, 1.165) is 27.3 Å². The SMILES string of the molecule is COc1cc(C[NH+](C)CC(=O)Nc2c(C)cccc2C(C)C)ccc1OC(F)F. The van der Waals surface area contributed by atoms with E-state index in [1.807, 2.05) is 32.2 Å². The number of carbonyl (C=O) groups is 1. The minimum Gasteiger partial charge on any atom is -0.493 e. The molecule has 7 heteroatoms. The summed E-state index contributed by atoms with van der Waals surface area (Å²) in [7, 11) is 3.30. The number of aryl methyl sites for hydroxylation is 1. The number of anilines is 1. The second-order valence-corrected chi connectivity index (χ2v) is 7.42. The molecule has 1 atom stereocenters. The van der Waals surface area contributed by atoms with Gasteiger partial charge >= 0.3 is 6.61 Å². The largest absolute Gasteiger partial charge is 0.493 e. The lowest BCUT2D eigenvalue weighted by molar-refractivity contribution is -0.885. The number of benzene rings is 2. The Bertz CT molecular complexity index is 841. The summed E-state index contributed by atoms with van der Waals surface area (Å²) >= 11 is 0. The van der Waals surface area contributed by atoms with Crippen LogP contribution in [0.2, 0.25) is 0 Å². The van der Waals surface area contributed by atoms with Crippen LogP contribution in [0.1, 0.15) is 36.5 Å². The van der Waals surface area contributed by atoms with Crippen LogP contribution in [-0.2, 0) is 11.3 Å². The third-order valence-corrected chi connectivity index (χ3v) is 4.60. The van der Waals surface area contributed by atoms with Crippen molar-refractivity contribution in [1.82, 2.24) is 0 Å². The molecule has 0 saturated heterocycles. The van der Waals surface area contributed by atoms with Gasteiger partial charge in [0.2, 0.25) is 0 Å². The fourth-order valence-corrected chi connectivity index (χ4v) is 3.23. The number of hydrogen-bond donors (Lipinski definition) is 2. The van der Waals surface area contributed by atoms with Crippen LogP contribution in [0.3, 0.4) is 0 Å². The molecule has 1 amide bonds. The maximum absolute atomic E-state index is 12.6. The molecule has 2 rings (SSSR count). The average Bonchev–Trinajstić information content (AvgIpc) is 2.63. The van der Waals surface area contributed by atoms with E-state index >= 15 is 0 Å². The number of hydrogen-bond acceptors (Lipinski definition) is 3. The number of ether oxygens (including phenoxy) is 2. The zero-order valence-electron chi connectivity index (χ0n) is 17.5. The molecular formula is C22H29F2N2O3+. The van der Waals surface area contributed by atoms with Crippen LogP contribution in [0, 0.1) is 6.92 Å². The fourth-order valence-electron chi connectivity index (χ4n) is 3.23. The van der Waals surface area contributed by atoms with Crippen molar-refractivity contribution in [2.45, 2.75) is 39.8 Å². The Balaban J connectivity index is 2.03. The van der Waals surface area contributed by atoms with Crippen LogP contribution in [0.5, 0.6) is 11.5 Å². The molecule has 158 valence electrons. The number of rotatable bonds is 9. The summed E-state index contributed by atoms with van der Waals surface area (Å²) < 4.78 is 34.5. The summed E-state index contributed by atoms with van der Waals surface area (Å²) in [6.07, 6.45) is 0. The maximum Gasteiger partial charge on any atom is 0.387 e. The van der Waals surface area contributed by atoms with Crippen molar-refractivity contribution in [1.29, 1.82) is 0 Å². The molecule has 0 aliphatic carbocycles. The minimum absolute atomic E-state index is 0.0117. The van der Waals surface area contributed by atoms with Crippen LogP contribution < -0.4 is 19.7 Å². The van der Waals surface area contributed by atoms with Gasteiger partial charge in [-0.2, -0.15) is 8.78 Å². The van der Waals surface area contributed by atoms with Gasteiger partial charge in [0.15, 0.2) is 18.0 Å². The first kappa shape index (κ1) is 22.6. The van der Waals surface area contributed by atoms with Crippen LogP contribution in [0.4, 0.5) is 14.5 Å². The third kappa shape index (κ3) is 6.42. The number of quaternary nitrogens is 1. The number of halogens is 2. The molecule has 1 unspecified atom stereocenters. The summed E-state index contributed by atoms with van der Waals surface area (Å²) in [5, 5.41) is 3.04. The second kappa shape index (κ2) is 10.2. The van der Waals surface area contributed by atoms with E-state index in [-0.39, 0.29) is 24.0 Å². The Morgan fingerprint density at radius 1 is 1.17 bits per heavy atom. The van der Waals surface area contributed by atoms with E-state index in [1.165, 1.54) is 13.2 Å². The van der Waals surface area contributed by atoms with Crippen LogP contribution >= 0.6 is 0 Å². The second-order valence-electron chi connectivity index (χ2n) is 7.42. The molecule has 2 N–H and O–H groups in total. The van der Waals surface area contributed by atoms with Gasteiger partial charge in [-0.1, -0.05) is 32.0 Å². The Morgan fingerprint density at radius 2 is 1.90 bits per heavy atom. The lowest BCUT2D eigenvalue weighted by Crippen LogP contribution is -3.08. The highest BCUT2D eigenvalue weighted by Gasteiger charge is 2.17.